The average molecular weight is 186 g/mol. The van der Waals surface area contributed by atoms with Gasteiger partial charge in [0.05, 0.1) is 0 Å². The second kappa shape index (κ2) is 4.78. The van der Waals surface area contributed by atoms with E-state index in [-0.39, 0.29) is 0 Å². The lowest BCUT2D eigenvalue weighted by Crippen LogP contribution is -1.92. The summed E-state index contributed by atoms with van der Waals surface area (Å²) in [4.78, 5) is 0. The molecule has 0 fully saturated rings. The average Bonchev–Trinajstić information content (AvgIpc) is 2.05. The van der Waals surface area contributed by atoms with Gasteiger partial charge in [-0.2, -0.15) is 0 Å². The topological polar surface area (TPSA) is 9.23 Å². The molecule has 0 aliphatic heterocycles. The van der Waals surface area contributed by atoms with Crippen LogP contribution < -0.4 is 4.74 Å². The van der Waals surface area contributed by atoms with E-state index in [4.69, 9.17) is 16.3 Å². The first-order chi connectivity index (χ1) is 5.83. The van der Waals surface area contributed by atoms with Gasteiger partial charge in [-0.25, -0.2) is 4.39 Å². The summed E-state index contributed by atoms with van der Waals surface area (Å²) in [6.07, 6.45) is 1.62. The number of hydrogen-bond donors (Lipinski definition) is 0. The molecule has 0 bridgehead atoms. The van der Waals surface area contributed by atoms with Gasteiger partial charge in [-0.3, -0.25) is 0 Å². The SMILES string of the molecule is Fc1[c]ccc(OC/C=C/Cl)c1. The molecule has 0 amide bonds. The molecule has 1 radical (unpaired) electrons. The monoisotopic (exact) mass is 185 g/mol. The predicted octanol–water partition coefficient (Wildman–Crippen LogP) is 2.76. The van der Waals surface area contributed by atoms with Crippen LogP contribution in [0.25, 0.3) is 0 Å². The third kappa shape index (κ3) is 2.93. The molecule has 0 spiro atoms. The van der Waals surface area contributed by atoms with Crippen molar-refractivity contribution >= 4 is 11.6 Å². The van der Waals surface area contributed by atoms with Crippen LogP contribution in [0.3, 0.4) is 0 Å². The first-order valence-corrected chi connectivity index (χ1v) is 3.82. The summed E-state index contributed by atoms with van der Waals surface area (Å²) in [5, 5.41) is 0. The molecule has 0 N–H and O–H groups in total. The molecule has 0 saturated heterocycles. The highest BCUT2D eigenvalue weighted by molar-refractivity contribution is 6.25. The third-order valence-corrected chi connectivity index (χ3v) is 1.35. The van der Waals surface area contributed by atoms with E-state index in [9.17, 15) is 4.39 Å². The molecule has 0 atom stereocenters. The van der Waals surface area contributed by atoms with Crippen molar-refractivity contribution in [2.75, 3.05) is 6.61 Å². The summed E-state index contributed by atoms with van der Waals surface area (Å²) in [5.41, 5.74) is 1.35. The molecule has 1 nitrogen and oxygen atoms in total. The normalized spacial score (nSPS) is 10.5. The van der Waals surface area contributed by atoms with Crippen molar-refractivity contribution in [3.63, 3.8) is 0 Å². The van der Waals surface area contributed by atoms with Gasteiger partial charge >= 0.3 is 0 Å². The van der Waals surface area contributed by atoms with Crippen molar-refractivity contribution < 1.29 is 9.13 Å². The summed E-state index contributed by atoms with van der Waals surface area (Å²) in [7, 11) is 0. The number of hydrogen-bond acceptors (Lipinski definition) is 1. The van der Waals surface area contributed by atoms with Gasteiger partial charge in [-0.05, 0) is 18.2 Å². The van der Waals surface area contributed by atoms with E-state index >= 15 is 0 Å². The van der Waals surface area contributed by atoms with E-state index in [1.165, 1.54) is 17.7 Å². The second-order valence-electron chi connectivity index (χ2n) is 2.05. The largest absolute Gasteiger partial charge is 0.489 e. The first-order valence-electron chi connectivity index (χ1n) is 3.38. The maximum Gasteiger partial charge on any atom is 0.134 e. The molecule has 12 heavy (non-hydrogen) atoms. The Labute approximate surface area is 75.4 Å². The van der Waals surface area contributed by atoms with Gasteiger partial charge in [-0.1, -0.05) is 11.6 Å². The molecule has 0 unspecified atom stereocenters. The van der Waals surface area contributed by atoms with E-state index in [0.29, 0.717) is 12.4 Å². The van der Waals surface area contributed by atoms with Gasteiger partial charge in [0.25, 0.3) is 0 Å². The van der Waals surface area contributed by atoms with Gasteiger partial charge in [-0.15, -0.1) is 0 Å². The summed E-state index contributed by atoms with van der Waals surface area (Å²) in [6.45, 7) is 0.340. The van der Waals surface area contributed by atoms with E-state index in [0.717, 1.165) is 0 Å². The van der Waals surface area contributed by atoms with Gasteiger partial charge < -0.3 is 4.74 Å². The highest BCUT2D eigenvalue weighted by atomic mass is 35.5. The number of halogens is 2. The van der Waals surface area contributed by atoms with Crippen LogP contribution in [-0.2, 0) is 0 Å². The Bertz CT molecular complexity index is 273. The Morgan fingerprint density at radius 2 is 2.50 bits per heavy atom. The fourth-order valence-corrected chi connectivity index (χ4v) is 0.761. The lowest BCUT2D eigenvalue weighted by Gasteiger charge is -2.01. The van der Waals surface area contributed by atoms with E-state index in [2.05, 4.69) is 6.07 Å². The van der Waals surface area contributed by atoms with Crippen LogP contribution in [0, 0.1) is 11.9 Å². The van der Waals surface area contributed by atoms with Crippen molar-refractivity contribution in [3.05, 3.63) is 41.7 Å². The molecular weight excluding hydrogens is 179 g/mol. The zero-order chi connectivity index (χ0) is 8.81. The van der Waals surface area contributed by atoms with Crippen LogP contribution in [0.2, 0.25) is 0 Å². The molecule has 1 rings (SSSR count). The van der Waals surface area contributed by atoms with Crippen molar-refractivity contribution in [2.24, 2.45) is 0 Å². The molecule has 0 aromatic heterocycles. The summed E-state index contributed by atoms with van der Waals surface area (Å²) >= 11 is 5.26. The third-order valence-electron chi connectivity index (χ3n) is 1.17. The maximum atomic E-state index is 12.5. The molecule has 0 saturated carbocycles. The van der Waals surface area contributed by atoms with E-state index in [1.807, 2.05) is 0 Å². The molecule has 3 heteroatoms. The second-order valence-corrected chi connectivity index (χ2v) is 2.30. The summed E-state index contributed by atoms with van der Waals surface area (Å²) in [6, 6.07) is 6.73. The lowest BCUT2D eigenvalue weighted by atomic mass is 10.3. The molecule has 0 aliphatic rings. The standard InChI is InChI=1S/C9H7ClFO/c10-5-2-6-12-9-4-1-3-8(11)7-9/h1-2,4-5,7H,6H2/b5-2+. The molecule has 0 aliphatic carbocycles. The number of ether oxygens (including phenoxy) is 1. The Balaban J connectivity index is 2.52. The number of benzene rings is 1. The quantitative estimate of drug-likeness (QED) is 0.704. The van der Waals surface area contributed by atoms with E-state index < -0.39 is 5.82 Å². The Hall–Kier alpha value is -1.02. The minimum Gasteiger partial charge on any atom is -0.489 e. The van der Waals surface area contributed by atoms with Crippen LogP contribution >= 0.6 is 11.6 Å². The fraction of sp³-hybridized carbons (Fsp3) is 0.111. The Kier molecular flexibility index (Phi) is 3.61. The highest BCUT2D eigenvalue weighted by Crippen LogP contribution is 2.10. The van der Waals surface area contributed by atoms with Gasteiger partial charge in [0.1, 0.15) is 18.2 Å². The minimum absolute atomic E-state index is 0.340. The van der Waals surface area contributed by atoms with Crippen LogP contribution in [0.15, 0.2) is 29.8 Å². The smallest absolute Gasteiger partial charge is 0.134 e. The predicted molar refractivity (Wildman–Crippen MR) is 45.7 cm³/mol. The van der Waals surface area contributed by atoms with Gasteiger partial charge in [0, 0.05) is 17.7 Å². The molecule has 0 heterocycles. The maximum absolute atomic E-state index is 12.5. The van der Waals surface area contributed by atoms with Crippen molar-refractivity contribution in [3.8, 4) is 5.75 Å². The Morgan fingerprint density at radius 3 is 3.17 bits per heavy atom. The summed E-state index contributed by atoms with van der Waals surface area (Å²) in [5.74, 6) is 0.0448. The first kappa shape index (κ1) is 9.07. The van der Waals surface area contributed by atoms with E-state index in [1.54, 1.807) is 12.1 Å². The number of rotatable bonds is 3. The van der Waals surface area contributed by atoms with Crippen molar-refractivity contribution in [1.82, 2.24) is 0 Å². The molecule has 63 valence electrons. The van der Waals surface area contributed by atoms with Gasteiger partial charge in [0.2, 0.25) is 0 Å². The summed E-state index contributed by atoms with van der Waals surface area (Å²) < 4.78 is 17.6. The lowest BCUT2D eigenvalue weighted by molar-refractivity contribution is 0.360. The van der Waals surface area contributed by atoms with Crippen molar-refractivity contribution in [2.45, 2.75) is 0 Å². The molecular formula is C9H7ClFO. The van der Waals surface area contributed by atoms with Crippen molar-refractivity contribution in [1.29, 1.82) is 0 Å². The zero-order valence-electron chi connectivity index (χ0n) is 6.26. The zero-order valence-corrected chi connectivity index (χ0v) is 7.01. The van der Waals surface area contributed by atoms with Gasteiger partial charge in [0.15, 0.2) is 0 Å². The highest BCUT2D eigenvalue weighted by Gasteiger charge is 1.93. The molecule has 1 aromatic rings. The van der Waals surface area contributed by atoms with Crippen LogP contribution in [0.1, 0.15) is 0 Å². The molecule has 1 aromatic carbocycles. The van der Waals surface area contributed by atoms with Crippen LogP contribution in [0.5, 0.6) is 5.75 Å². The Morgan fingerprint density at radius 1 is 1.67 bits per heavy atom. The van der Waals surface area contributed by atoms with Crippen LogP contribution in [-0.4, -0.2) is 6.61 Å². The van der Waals surface area contributed by atoms with Crippen LogP contribution in [0.4, 0.5) is 4.39 Å². The minimum atomic E-state index is -0.428. The fourth-order valence-electron chi connectivity index (χ4n) is 0.689.